The average molecular weight is 452 g/mol. The summed E-state index contributed by atoms with van der Waals surface area (Å²) in [6.45, 7) is 3.05. The topological polar surface area (TPSA) is 70.7 Å². The molecule has 3 rings (SSSR count). The number of nitrogens with one attached hydrogen (secondary N) is 2. The number of morpholine rings is 1. The molecule has 1 saturated heterocycles. The van der Waals surface area contributed by atoms with Gasteiger partial charge < -0.3 is 15.4 Å². The summed E-state index contributed by atoms with van der Waals surface area (Å²) in [5.74, 6) is -2.67. The van der Waals surface area contributed by atoms with Gasteiger partial charge in [0, 0.05) is 43.7 Å². The first-order valence-corrected chi connectivity index (χ1v) is 10.4. The van der Waals surface area contributed by atoms with Crippen LogP contribution in [0.25, 0.3) is 0 Å². The molecule has 0 bridgehead atoms. The predicted octanol–water partition coefficient (Wildman–Crippen LogP) is 2.93. The van der Waals surface area contributed by atoms with E-state index < -0.39 is 17.5 Å². The van der Waals surface area contributed by atoms with Crippen molar-refractivity contribution in [1.82, 2.24) is 15.5 Å². The van der Waals surface area contributed by atoms with Crippen molar-refractivity contribution in [1.29, 1.82) is 0 Å². The van der Waals surface area contributed by atoms with E-state index in [1.807, 2.05) is 24.3 Å². The minimum atomic E-state index is -0.949. The number of carbonyl (C=O) groups excluding carboxylic acids is 2. The van der Waals surface area contributed by atoms with Crippen LogP contribution in [0.3, 0.4) is 0 Å². The molecule has 166 valence electrons. The van der Waals surface area contributed by atoms with Crippen LogP contribution in [0.5, 0.6) is 0 Å². The normalized spacial score (nSPS) is 15.3. The van der Waals surface area contributed by atoms with Crippen LogP contribution in [-0.2, 0) is 9.53 Å². The maximum atomic E-state index is 13.7. The SMILES string of the molecule is O=C(CCNC(=O)c1ccc(F)cc1F)NCC(c1ccccc1Cl)N1CCOCC1. The molecule has 0 saturated carbocycles. The van der Waals surface area contributed by atoms with E-state index in [1.165, 1.54) is 0 Å². The monoisotopic (exact) mass is 451 g/mol. The van der Waals surface area contributed by atoms with Crippen LogP contribution in [0.2, 0.25) is 5.02 Å². The van der Waals surface area contributed by atoms with Gasteiger partial charge in [-0.3, -0.25) is 14.5 Å². The number of nitrogens with zero attached hydrogens (tertiary/aromatic N) is 1. The van der Waals surface area contributed by atoms with Gasteiger partial charge in [-0.05, 0) is 23.8 Å². The van der Waals surface area contributed by atoms with Gasteiger partial charge in [0.15, 0.2) is 0 Å². The fourth-order valence-corrected chi connectivity index (χ4v) is 3.69. The quantitative estimate of drug-likeness (QED) is 0.647. The Balaban J connectivity index is 1.52. The highest BCUT2D eigenvalue weighted by Crippen LogP contribution is 2.27. The molecular weight excluding hydrogens is 428 g/mol. The fourth-order valence-electron chi connectivity index (χ4n) is 3.43. The summed E-state index contributed by atoms with van der Waals surface area (Å²) in [5, 5.41) is 5.98. The van der Waals surface area contributed by atoms with Crippen molar-refractivity contribution < 1.29 is 23.1 Å². The van der Waals surface area contributed by atoms with Crippen LogP contribution in [0.1, 0.15) is 28.4 Å². The summed E-state index contributed by atoms with van der Waals surface area (Å²) in [4.78, 5) is 26.5. The number of rotatable bonds is 8. The summed E-state index contributed by atoms with van der Waals surface area (Å²) in [6, 6.07) is 10.1. The zero-order chi connectivity index (χ0) is 22.2. The molecule has 1 aliphatic heterocycles. The zero-order valence-corrected chi connectivity index (χ0v) is 17.6. The number of hydrogen-bond donors (Lipinski definition) is 2. The Bertz CT molecular complexity index is 923. The molecule has 0 aromatic heterocycles. The first kappa shape index (κ1) is 23.1. The van der Waals surface area contributed by atoms with Gasteiger partial charge in [-0.15, -0.1) is 0 Å². The Kier molecular flexibility index (Phi) is 8.34. The molecule has 6 nitrogen and oxygen atoms in total. The maximum Gasteiger partial charge on any atom is 0.254 e. The number of amides is 2. The Labute approximate surface area is 184 Å². The van der Waals surface area contributed by atoms with Crippen molar-refractivity contribution in [2.24, 2.45) is 0 Å². The van der Waals surface area contributed by atoms with Crippen molar-refractivity contribution in [3.05, 3.63) is 70.2 Å². The van der Waals surface area contributed by atoms with Crippen molar-refractivity contribution in [3.63, 3.8) is 0 Å². The van der Waals surface area contributed by atoms with Gasteiger partial charge in [0.05, 0.1) is 24.8 Å². The van der Waals surface area contributed by atoms with Gasteiger partial charge in [0.25, 0.3) is 5.91 Å². The van der Waals surface area contributed by atoms with Crippen LogP contribution >= 0.6 is 11.6 Å². The minimum Gasteiger partial charge on any atom is -0.379 e. The second-order valence-electron chi connectivity index (χ2n) is 7.12. The largest absolute Gasteiger partial charge is 0.379 e. The Morgan fingerprint density at radius 2 is 1.84 bits per heavy atom. The van der Waals surface area contributed by atoms with Gasteiger partial charge in [-0.25, -0.2) is 8.78 Å². The molecule has 2 N–H and O–H groups in total. The first-order chi connectivity index (χ1) is 15.0. The molecule has 2 aromatic rings. The smallest absolute Gasteiger partial charge is 0.254 e. The fraction of sp³-hybridized carbons (Fsp3) is 0.364. The van der Waals surface area contributed by atoms with Crippen LogP contribution in [0, 0.1) is 11.6 Å². The molecule has 31 heavy (non-hydrogen) atoms. The van der Waals surface area contributed by atoms with E-state index in [-0.39, 0.29) is 30.5 Å². The molecule has 0 aliphatic carbocycles. The van der Waals surface area contributed by atoms with Crippen LogP contribution in [-0.4, -0.2) is 56.1 Å². The highest BCUT2D eigenvalue weighted by Gasteiger charge is 2.24. The molecule has 1 fully saturated rings. The number of hydrogen-bond acceptors (Lipinski definition) is 4. The molecule has 1 heterocycles. The summed E-state index contributed by atoms with van der Waals surface area (Å²) >= 11 is 6.38. The van der Waals surface area contributed by atoms with Crippen molar-refractivity contribution >= 4 is 23.4 Å². The Morgan fingerprint density at radius 1 is 1.10 bits per heavy atom. The summed E-state index contributed by atoms with van der Waals surface area (Å²) < 4.78 is 32.0. The van der Waals surface area contributed by atoms with E-state index in [2.05, 4.69) is 15.5 Å². The molecule has 0 radical (unpaired) electrons. The van der Waals surface area contributed by atoms with Crippen molar-refractivity contribution in [2.45, 2.75) is 12.5 Å². The summed E-state index contributed by atoms with van der Waals surface area (Å²) in [7, 11) is 0. The van der Waals surface area contributed by atoms with Crippen molar-refractivity contribution in [2.75, 3.05) is 39.4 Å². The van der Waals surface area contributed by atoms with Gasteiger partial charge in [0.1, 0.15) is 11.6 Å². The van der Waals surface area contributed by atoms with Crippen LogP contribution in [0.15, 0.2) is 42.5 Å². The second kappa shape index (κ2) is 11.2. The predicted molar refractivity (Wildman–Crippen MR) is 113 cm³/mol. The van der Waals surface area contributed by atoms with Crippen LogP contribution < -0.4 is 10.6 Å². The highest BCUT2D eigenvalue weighted by molar-refractivity contribution is 6.31. The van der Waals surface area contributed by atoms with Crippen molar-refractivity contribution in [3.8, 4) is 0 Å². The third-order valence-electron chi connectivity index (χ3n) is 5.06. The summed E-state index contributed by atoms with van der Waals surface area (Å²) in [6.07, 6.45) is 0.0207. The molecular formula is C22H24ClF2N3O3. The van der Waals surface area contributed by atoms with Gasteiger partial charge >= 0.3 is 0 Å². The standard InChI is InChI=1S/C22H24ClF2N3O3/c23-18-4-2-1-3-16(18)20(28-9-11-31-12-10-28)14-27-21(29)7-8-26-22(30)17-6-5-15(24)13-19(17)25/h1-6,13,20H,7-12,14H2,(H,26,30)(H,27,29). The third-order valence-corrected chi connectivity index (χ3v) is 5.40. The Morgan fingerprint density at radius 3 is 2.55 bits per heavy atom. The zero-order valence-electron chi connectivity index (χ0n) is 16.9. The van der Waals surface area contributed by atoms with Gasteiger partial charge in [-0.1, -0.05) is 29.8 Å². The maximum absolute atomic E-state index is 13.7. The molecule has 2 aromatic carbocycles. The lowest BCUT2D eigenvalue weighted by atomic mass is 10.0. The number of halogens is 3. The molecule has 0 spiro atoms. The van der Waals surface area contributed by atoms with Gasteiger partial charge in [0.2, 0.25) is 5.91 Å². The highest BCUT2D eigenvalue weighted by atomic mass is 35.5. The second-order valence-corrected chi connectivity index (χ2v) is 7.53. The lowest BCUT2D eigenvalue weighted by molar-refractivity contribution is -0.121. The van der Waals surface area contributed by atoms with E-state index >= 15 is 0 Å². The van der Waals surface area contributed by atoms with E-state index in [0.717, 1.165) is 30.8 Å². The number of carbonyl (C=O) groups is 2. The molecule has 1 aliphatic rings. The summed E-state index contributed by atoms with van der Waals surface area (Å²) in [5.41, 5.74) is 0.652. The Hall–Kier alpha value is -2.55. The number of benzene rings is 2. The van der Waals surface area contributed by atoms with E-state index in [9.17, 15) is 18.4 Å². The molecule has 9 heteroatoms. The molecule has 2 amide bonds. The molecule has 1 atom stereocenters. The van der Waals surface area contributed by atoms with Crippen LogP contribution in [0.4, 0.5) is 8.78 Å². The van der Waals surface area contributed by atoms with Gasteiger partial charge in [-0.2, -0.15) is 0 Å². The average Bonchev–Trinajstić information content (AvgIpc) is 2.75. The van der Waals surface area contributed by atoms with E-state index in [4.69, 9.17) is 16.3 Å². The minimum absolute atomic E-state index is 0.0207. The first-order valence-electron chi connectivity index (χ1n) is 10.0. The lowest BCUT2D eigenvalue weighted by Crippen LogP contribution is -2.44. The lowest BCUT2D eigenvalue weighted by Gasteiger charge is -2.35. The number of ether oxygens (including phenoxy) is 1. The molecule has 1 unspecified atom stereocenters. The van der Waals surface area contributed by atoms with E-state index in [0.29, 0.717) is 30.8 Å². The van der Waals surface area contributed by atoms with E-state index in [1.54, 1.807) is 0 Å². The third kappa shape index (κ3) is 6.46.